The number of rotatable bonds is 4. The zero-order valence-corrected chi connectivity index (χ0v) is 9.64. The lowest BCUT2D eigenvalue weighted by Crippen LogP contribution is -2.31. The Balaban J connectivity index is 0. The zero-order valence-electron chi connectivity index (χ0n) is 7.31. The van der Waals surface area contributed by atoms with E-state index in [0.29, 0.717) is 0 Å². The van der Waals surface area contributed by atoms with Gasteiger partial charge in [-0.25, -0.2) is 0 Å². The van der Waals surface area contributed by atoms with Crippen LogP contribution < -0.4 is 5.73 Å². The Labute approximate surface area is 81.8 Å². The molecule has 0 aromatic heterocycles. The fourth-order valence-electron chi connectivity index (χ4n) is 0.831. The van der Waals surface area contributed by atoms with Gasteiger partial charge < -0.3 is 5.73 Å². The van der Waals surface area contributed by atoms with Crippen LogP contribution in [0, 0.1) is 0 Å². The molecule has 0 aromatic carbocycles. The molecule has 2 heteroatoms. The molecule has 0 aliphatic rings. The van der Waals surface area contributed by atoms with Crippen LogP contribution in [0.15, 0.2) is 0 Å². The minimum atomic E-state index is 0. The van der Waals surface area contributed by atoms with Crippen molar-refractivity contribution in [1.29, 1.82) is 0 Å². The normalized spacial score (nSPS) is 10.8. The van der Waals surface area contributed by atoms with E-state index in [2.05, 4.69) is 20.8 Å². The van der Waals surface area contributed by atoms with Gasteiger partial charge in [-0.3, -0.25) is 0 Å². The minimum absolute atomic E-state index is 0. The van der Waals surface area contributed by atoms with E-state index in [9.17, 15) is 0 Å². The summed E-state index contributed by atoms with van der Waals surface area (Å²) < 4.78 is 0. The summed E-state index contributed by atoms with van der Waals surface area (Å²) >= 11 is 0. The van der Waals surface area contributed by atoms with Crippen molar-refractivity contribution in [1.82, 2.24) is 0 Å². The molecular weight excluding hydrogens is 237 g/mol. The van der Waals surface area contributed by atoms with Gasteiger partial charge in [0.2, 0.25) is 0 Å². The van der Waals surface area contributed by atoms with E-state index in [-0.39, 0.29) is 29.5 Å². The molecule has 64 valence electrons. The van der Waals surface area contributed by atoms with Gasteiger partial charge in [-0.2, -0.15) is 0 Å². The number of nitrogens with two attached hydrogens (primary N) is 1. The third-order valence-electron chi connectivity index (χ3n) is 1.42. The molecule has 0 radical (unpaired) electrons. The smallest absolute Gasteiger partial charge is 0.00970 e. The molecule has 1 nitrogen and oxygen atoms in total. The van der Waals surface area contributed by atoms with Gasteiger partial charge in [0.1, 0.15) is 0 Å². The molecule has 0 aliphatic carbocycles. The van der Waals surface area contributed by atoms with Crippen LogP contribution in [0.1, 0.15) is 46.5 Å². The van der Waals surface area contributed by atoms with Crippen LogP contribution >= 0.6 is 24.0 Å². The second-order valence-corrected chi connectivity index (χ2v) is 3.45. The number of unbranched alkanes of at least 4 members (excludes halogenated alkanes) is 2. The Morgan fingerprint density at radius 3 is 2.00 bits per heavy atom. The van der Waals surface area contributed by atoms with Crippen molar-refractivity contribution in [3.05, 3.63) is 0 Å². The fraction of sp³-hybridized carbons (Fsp3) is 1.00. The summed E-state index contributed by atoms with van der Waals surface area (Å²) in [4.78, 5) is 0. The Morgan fingerprint density at radius 2 is 1.70 bits per heavy atom. The second kappa shape index (κ2) is 6.40. The Bertz CT molecular complexity index is 66.1. The lowest BCUT2D eigenvalue weighted by molar-refractivity contribution is 0.449. The summed E-state index contributed by atoms with van der Waals surface area (Å²) in [7, 11) is 0. The highest BCUT2D eigenvalue weighted by Crippen LogP contribution is 2.09. The summed E-state index contributed by atoms with van der Waals surface area (Å²) in [5.41, 5.74) is 5.83. The summed E-state index contributed by atoms with van der Waals surface area (Å²) in [6, 6.07) is 0. The number of hydrogen-bond acceptors (Lipinski definition) is 1. The minimum Gasteiger partial charge on any atom is -0.326 e. The third-order valence-corrected chi connectivity index (χ3v) is 1.42. The summed E-state index contributed by atoms with van der Waals surface area (Å²) in [6.07, 6.45) is 5.04. The SMILES string of the molecule is CCCCCC(C)(C)N.I. The van der Waals surface area contributed by atoms with Crippen LogP contribution in [0.5, 0.6) is 0 Å². The third kappa shape index (κ3) is 11.5. The second-order valence-electron chi connectivity index (χ2n) is 3.45. The quantitative estimate of drug-likeness (QED) is 0.608. The molecule has 0 fully saturated rings. The van der Waals surface area contributed by atoms with Crippen molar-refractivity contribution >= 4 is 24.0 Å². The van der Waals surface area contributed by atoms with Gasteiger partial charge in [-0.15, -0.1) is 24.0 Å². The molecule has 0 saturated heterocycles. The van der Waals surface area contributed by atoms with Crippen molar-refractivity contribution in [2.24, 2.45) is 5.73 Å². The highest BCUT2D eigenvalue weighted by Gasteiger charge is 2.08. The maximum absolute atomic E-state index is 5.78. The number of halogens is 1. The van der Waals surface area contributed by atoms with Crippen LogP contribution in [0.2, 0.25) is 0 Å². The molecule has 0 spiro atoms. The van der Waals surface area contributed by atoms with Crippen molar-refractivity contribution in [2.45, 2.75) is 52.0 Å². The average Bonchev–Trinajstić information content (AvgIpc) is 1.63. The van der Waals surface area contributed by atoms with Crippen molar-refractivity contribution < 1.29 is 0 Å². The summed E-state index contributed by atoms with van der Waals surface area (Å²) in [6.45, 7) is 6.38. The first-order valence-electron chi connectivity index (χ1n) is 3.85. The van der Waals surface area contributed by atoms with Crippen LogP contribution in [0.4, 0.5) is 0 Å². The molecular formula is C8H20IN. The fourth-order valence-corrected chi connectivity index (χ4v) is 0.831. The maximum Gasteiger partial charge on any atom is 0.00970 e. The largest absolute Gasteiger partial charge is 0.326 e. The van der Waals surface area contributed by atoms with E-state index in [1.54, 1.807) is 0 Å². The standard InChI is InChI=1S/C8H19N.HI/c1-4-5-6-7-8(2,3)9;/h4-7,9H2,1-3H3;1H. The van der Waals surface area contributed by atoms with E-state index in [1.165, 1.54) is 19.3 Å². The molecule has 0 rings (SSSR count). The first-order valence-corrected chi connectivity index (χ1v) is 3.85. The molecule has 0 bridgehead atoms. The topological polar surface area (TPSA) is 26.0 Å². The zero-order chi connectivity index (χ0) is 7.33. The molecule has 0 saturated carbocycles. The lowest BCUT2D eigenvalue weighted by atomic mass is 9.98. The van der Waals surface area contributed by atoms with Gasteiger partial charge in [0, 0.05) is 5.54 Å². The van der Waals surface area contributed by atoms with E-state index in [1.807, 2.05) is 0 Å². The van der Waals surface area contributed by atoms with Crippen LogP contribution in [0.25, 0.3) is 0 Å². The summed E-state index contributed by atoms with van der Waals surface area (Å²) in [5.74, 6) is 0. The van der Waals surface area contributed by atoms with Gasteiger partial charge in [-0.05, 0) is 20.3 Å². The molecule has 0 aromatic rings. The Kier molecular flexibility index (Phi) is 8.51. The van der Waals surface area contributed by atoms with Gasteiger partial charge >= 0.3 is 0 Å². The molecule has 0 aliphatic heterocycles. The number of hydrogen-bond donors (Lipinski definition) is 1. The molecule has 10 heavy (non-hydrogen) atoms. The molecule has 0 amide bonds. The van der Waals surface area contributed by atoms with Crippen LogP contribution in [-0.2, 0) is 0 Å². The average molecular weight is 257 g/mol. The van der Waals surface area contributed by atoms with E-state index in [4.69, 9.17) is 5.73 Å². The first kappa shape index (κ1) is 13.3. The van der Waals surface area contributed by atoms with Crippen molar-refractivity contribution in [3.8, 4) is 0 Å². The highest BCUT2D eigenvalue weighted by atomic mass is 127. The predicted molar refractivity (Wildman–Crippen MR) is 57.8 cm³/mol. The summed E-state index contributed by atoms with van der Waals surface area (Å²) in [5, 5.41) is 0. The van der Waals surface area contributed by atoms with Gasteiger partial charge in [-0.1, -0.05) is 26.2 Å². The van der Waals surface area contributed by atoms with E-state index < -0.39 is 0 Å². The molecule has 0 heterocycles. The van der Waals surface area contributed by atoms with Crippen molar-refractivity contribution in [3.63, 3.8) is 0 Å². The van der Waals surface area contributed by atoms with E-state index >= 15 is 0 Å². The van der Waals surface area contributed by atoms with Gasteiger partial charge in [0.05, 0.1) is 0 Å². The van der Waals surface area contributed by atoms with Crippen molar-refractivity contribution in [2.75, 3.05) is 0 Å². The maximum atomic E-state index is 5.78. The van der Waals surface area contributed by atoms with Crippen LogP contribution in [-0.4, -0.2) is 5.54 Å². The first-order chi connectivity index (χ1) is 4.06. The predicted octanol–water partition coefficient (Wildman–Crippen LogP) is 2.92. The molecule has 2 N–H and O–H groups in total. The van der Waals surface area contributed by atoms with Gasteiger partial charge in [0.25, 0.3) is 0 Å². The Hall–Kier alpha value is 0.690. The monoisotopic (exact) mass is 257 g/mol. The lowest BCUT2D eigenvalue weighted by Gasteiger charge is -2.17. The molecule has 0 unspecified atom stereocenters. The van der Waals surface area contributed by atoms with Crippen LogP contribution in [0.3, 0.4) is 0 Å². The van der Waals surface area contributed by atoms with Gasteiger partial charge in [0.15, 0.2) is 0 Å². The van der Waals surface area contributed by atoms with E-state index in [0.717, 1.165) is 6.42 Å². The Morgan fingerprint density at radius 1 is 1.20 bits per heavy atom. The highest BCUT2D eigenvalue weighted by molar-refractivity contribution is 14.0. The molecule has 0 atom stereocenters.